The lowest BCUT2D eigenvalue weighted by molar-refractivity contribution is -0.134. The van der Waals surface area contributed by atoms with E-state index in [1.165, 1.54) is 26.0 Å². The van der Waals surface area contributed by atoms with Gasteiger partial charge in [-0.2, -0.15) is 0 Å². The molecule has 4 nitrogen and oxygen atoms in total. The summed E-state index contributed by atoms with van der Waals surface area (Å²) in [7, 11) is 3.04. The first kappa shape index (κ1) is 14.5. The zero-order valence-corrected chi connectivity index (χ0v) is 11.9. The maximum absolute atomic E-state index is 11.7. The maximum atomic E-state index is 11.7. The summed E-state index contributed by atoms with van der Waals surface area (Å²) >= 11 is 6.16. The predicted octanol–water partition coefficient (Wildman–Crippen LogP) is 2.52. The highest BCUT2D eigenvalue weighted by molar-refractivity contribution is 6.41. The van der Waals surface area contributed by atoms with Crippen LogP contribution < -0.4 is 9.64 Å². The fourth-order valence-corrected chi connectivity index (χ4v) is 1.97. The van der Waals surface area contributed by atoms with Gasteiger partial charge in [-0.25, -0.2) is 0 Å². The van der Waals surface area contributed by atoms with Crippen LogP contribution in [0.4, 0.5) is 5.69 Å². The molecule has 0 saturated carbocycles. The summed E-state index contributed by atoms with van der Waals surface area (Å²) in [6.45, 7) is 4.88. The Morgan fingerprint density at radius 3 is 2.33 bits per heavy atom. The molecule has 0 fully saturated rings. The fourth-order valence-electron chi connectivity index (χ4n) is 1.82. The third-order valence-corrected chi connectivity index (χ3v) is 3.35. The van der Waals surface area contributed by atoms with Crippen molar-refractivity contribution in [3.63, 3.8) is 0 Å². The van der Waals surface area contributed by atoms with Gasteiger partial charge in [0.1, 0.15) is 5.75 Å². The third kappa shape index (κ3) is 2.48. The van der Waals surface area contributed by atoms with Gasteiger partial charge in [-0.05, 0) is 31.0 Å². The maximum Gasteiger partial charge on any atom is 0.293 e. The molecule has 0 heterocycles. The van der Waals surface area contributed by atoms with Gasteiger partial charge in [0.2, 0.25) is 5.78 Å². The molecule has 0 radical (unpaired) electrons. The summed E-state index contributed by atoms with van der Waals surface area (Å²) in [4.78, 5) is 24.2. The Balaban J connectivity index is 3.43. The number of halogens is 1. The molecule has 0 unspecified atom stereocenters. The van der Waals surface area contributed by atoms with Gasteiger partial charge in [0.05, 0.1) is 12.8 Å². The lowest BCUT2D eigenvalue weighted by Gasteiger charge is -2.22. The van der Waals surface area contributed by atoms with Crippen LogP contribution in [0.2, 0.25) is 5.02 Å². The normalized spacial score (nSPS) is 10.1. The Hall–Kier alpha value is -1.55. The van der Waals surface area contributed by atoms with Crippen LogP contribution in [-0.2, 0) is 9.59 Å². The average molecular weight is 270 g/mol. The van der Waals surface area contributed by atoms with Gasteiger partial charge in [0, 0.05) is 19.0 Å². The lowest BCUT2D eigenvalue weighted by Crippen LogP contribution is -2.32. The smallest absolute Gasteiger partial charge is 0.293 e. The Kier molecular flexibility index (Phi) is 4.35. The van der Waals surface area contributed by atoms with E-state index in [9.17, 15) is 9.59 Å². The van der Waals surface area contributed by atoms with Gasteiger partial charge < -0.3 is 9.64 Å². The minimum atomic E-state index is -0.601. The van der Waals surface area contributed by atoms with Crippen molar-refractivity contribution in [1.29, 1.82) is 0 Å². The first-order valence-corrected chi connectivity index (χ1v) is 5.81. The summed E-state index contributed by atoms with van der Waals surface area (Å²) < 4.78 is 5.25. The number of anilines is 1. The van der Waals surface area contributed by atoms with E-state index in [0.717, 1.165) is 5.56 Å². The molecule has 0 bridgehead atoms. The molecule has 0 atom stereocenters. The minimum Gasteiger partial charge on any atom is -0.495 e. The van der Waals surface area contributed by atoms with Gasteiger partial charge in [0.25, 0.3) is 5.91 Å². The summed E-state index contributed by atoms with van der Waals surface area (Å²) in [5.41, 5.74) is 2.09. The van der Waals surface area contributed by atoms with Crippen molar-refractivity contribution < 1.29 is 14.3 Å². The molecule has 0 aliphatic heterocycles. The molecule has 1 rings (SSSR count). The highest BCUT2D eigenvalue weighted by Gasteiger charge is 2.22. The van der Waals surface area contributed by atoms with Crippen LogP contribution in [0, 0.1) is 13.8 Å². The minimum absolute atomic E-state index is 0.520. The van der Waals surface area contributed by atoms with Crippen molar-refractivity contribution in [2.24, 2.45) is 0 Å². The monoisotopic (exact) mass is 269 g/mol. The van der Waals surface area contributed by atoms with Gasteiger partial charge >= 0.3 is 0 Å². The number of rotatable bonds is 3. The molecule has 0 aromatic heterocycles. The number of ether oxygens (including phenoxy) is 1. The molecule has 0 spiro atoms. The van der Waals surface area contributed by atoms with Crippen LogP contribution in [0.15, 0.2) is 6.07 Å². The second-order valence-electron chi connectivity index (χ2n) is 4.10. The number of aryl methyl sites for hydroxylation is 1. The quantitative estimate of drug-likeness (QED) is 0.792. The number of likely N-dealkylation sites (N-methyl/N-ethyl adjacent to an activating group) is 1. The van der Waals surface area contributed by atoms with Gasteiger partial charge in [-0.1, -0.05) is 11.6 Å². The zero-order chi connectivity index (χ0) is 14.0. The van der Waals surface area contributed by atoms with Crippen LogP contribution in [0.1, 0.15) is 18.1 Å². The molecule has 1 aromatic rings. The van der Waals surface area contributed by atoms with E-state index >= 15 is 0 Å². The molecule has 1 aromatic carbocycles. The topological polar surface area (TPSA) is 46.6 Å². The summed E-state index contributed by atoms with van der Waals surface area (Å²) in [6.07, 6.45) is 0. The number of carbonyl (C=O) groups is 2. The average Bonchev–Trinajstić information content (AvgIpc) is 2.33. The highest BCUT2D eigenvalue weighted by Crippen LogP contribution is 2.38. The van der Waals surface area contributed by atoms with E-state index in [0.29, 0.717) is 22.0 Å². The number of nitrogens with zero attached hydrogens (tertiary/aromatic N) is 1. The summed E-state index contributed by atoms with van der Waals surface area (Å²) in [6, 6.07) is 1.74. The number of benzene rings is 1. The number of hydrogen-bond donors (Lipinski definition) is 0. The molecule has 5 heteroatoms. The van der Waals surface area contributed by atoms with Crippen molar-refractivity contribution in [3.8, 4) is 5.75 Å². The van der Waals surface area contributed by atoms with Crippen molar-refractivity contribution in [3.05, 3.63) is 22.2 Å². The molecule has 0 saturated heterocycles. The second-order valence-corrected chi connectivity index (χ2v) is 4.48. The van der Waals surface area contributed by atoms with E-state index in [1.54, 1.807) is 13.0 Å². The predicted molar refractivity (Wildman–Crippen MR) is 71.6 cm³/mol. The number of hydrogen-bond acceptors (Lipinski definition) is 3. The molecule has 1 amide bonds. The SMILES string of the molecule is COc1cc(C)c(Cl)c(C)c1N(C)C(=O)C(C)=O. The number of methoxy groups -OCH3 is 1. The zero-order valence-electron chi connectivity index (χ0n) is 11.1. The van der Waals surface area contributed by atoms with Crippen molar-refractivity contribution in [2.45, 2.75) is 20.8 Å². The van der Waals surface area contributed by atoms with Crippen LogP contribution in [0.25, 0.3) is 0 Å². The molecular formula is C13H16ClNO3. The third-order valence-electron chi connectivity index (χ3n) is 2.77. The van der Waals surface area contributed by atoms with Crippen LogP contribution in [0.5, 0.6) is 5.75 Å². The van der Waals surface area contributed by atoms with E-state index in [1.807, 2.05) is 6.92 Å². The number of carbonyl (C=O) groups excluding carboxylic acids is 2. The molecule has 98 valence electrons. The Labute approximate surface area is 111 Å². The Bertz CT molecular complexity index is 511. The highest BCUT2D eigenvalue weighted by atomic mass is 35.5. The van der Waals surface area contributed by atoms with Crippen LogP contribution >= 0.6 is 11.6 Å². The van der Waals surface area contributed by atoms with Crippen LogP contribution in [0.3, 0.4) is 0 Å². The fraction of sp³-hybridized carbons (Fsp3) is 0.385. The Morgan fingerprint density at radius 2 is 1.89 bits per heavy atom. The van der Waals surface area contributed by atoms with E-state index in [2.05, 4.69) is 0 Å². The van der Waals surface area contributed by atoms with E-state index in [4.69, 9.17) is 16.3 Å². The standard InChI is InChI=1S/C13H16ClNO3/c1-7-6-10(18-5)12(8(2)11(7)14)15(4)13(17)9(3)16/h6H,1-5H3. The molecular weight excluding hydrogens is 254 g/mol. The van der Waals surface area contributed by atoms with Gasteiger partial charge in [-0.3, -0.25) is 9.59 Å². The molecule has 0 aliphatic carbocycles. The van der Waals surface area contributed by atoms with Crippen molar-refractivity contribution in [1.82, 2.24) is 0 Å². The molecule has 0 N–H and O–H groups in total. The molecule has 0 aliphatic rings. The second kappa shape index (κ2) is 5.40. The summed E-state index contributed by atoms with van der Waals surface area (Å²) in [5, 5.41) is 0.564. The number of amides is 1. The summed E-state index contributed by atoms with van der Waals surface area (Å²) in [5.74, 6) is -0.613. The Morgan fingerprint density at radius 1 is 1.33 bits per heavy atom. The van der Waals surface area contributed by atoms with Crippen molar-refractivity contribution >= 4 is 29.0 Å². The first-order chi connectivity index (χ1) is 8.31. The van der Waals surface area contributed by atoms with Crippen molar-refractivity contribution in [2.75, 3.05) is 19.1 Å². The van der Waals surface area contributed by atoms with E-state index in [-0.39, 0.29) is 0 Å². The first-order valence-electron chi connectivity index (χ1n) is 5.43. The van der Waals surface area contributed by atoms with Crippen LogP contribution in [-0.4, -0.2) is 25.8 Å². The largest absolute Gasteiger partial charge is 0.495 e. The van der Waals surface area contributed by atoms with Gasteiger partial charge in [-0.15, -0.1) is 0 Å². The number of Topliss-reactive ketones (excluding diaryl/α,β-unsaturated/α-hetero) is 1. The molecule has 18 heavy (non-hydrogen) atoms. The van der Waals surface area contributed by atoms with Gasteiger partial charge in [0.15, 0.2) is 0 Å². The van der Waals surface area contributed by atoms with E-state index < -0.39 is 11.7 Å². The lowest BCUT2D eigenvalue weighted by atomic mass is 10.1. The number of ketones is 1.